The number of fused-ring (bicyclic) bond motifs is 1. The number of aryl methyl sites for hydroxylation is 1. The Morgan fingerprint density at radius 3 is 2.80 bits per heavy atom. The molecule has 0 spiro atoms. The van der Waals surface area contributed by atoms with Gasteiger partial charge in [-0.05, 0) is 31.0 Å². The van der Waals surface area contributed by atoms with E-state index >= 15 is 0 Å². The van der Waals surface area contributed by atoms with E-state index in [1.807, 2.05) is 29.8 Å². The topological polar surface area (TPSA) is 39.1 Å². The number of nitrogens with one attached hydrogen (secondary N) is 1. The molecule has 0 fully saturated rings. The molecule has 0 amide bonds. The smallest absolute Gasteiger partial charge is 0.387 e. The second kappa shape index (κ2) is 5.11. The van der Waals surface area contributed by atoms with Gasteiger partial charge in [0.1, 0.15) is 11.6 Å². The van der Waals surface area contributed by atoms with E-state index < -0.39 is 6.61 Å². The predicted molar refractivity (Wildman–Crippen MR) is 71.3 cm³/mol. The zero-order valence-electron chi connectivity index (χ0n) is 11.0. The van der Waals surface area contributed by atoms with Gasteiger partial charge in [0.15, 0.2) is 0 Å². The first-order chi connectivity index (χ1) is 9.63. The number of alkyl halides is 2. The summed E-state index contributed by atoms with van der Waals surface area (Å²) >= 11 is 0. The largest absolute Gasteiger partial charge is 0.435 e. The number of aromatic nitrogens is 2. The van der Waals surface area contributed by atoms with E-state index in [2.05, 4.69) is 15.2 Å². The fourth-order valence-corrected chi connectivity index (χ4v) is 2.52. The minimum absolute atomic E-state index is 0.126. The molecule has 106 valence electrons. The molecule has 2 heterocycles. The number of ether oxygens (including phenoxy) is 1. The molecule has 1 aromatic carbocycles. The lowest BCUT2D eigenvalue weighted by Gasteiger charge is -2.26. The number of nitrogens with zero attached hydrogens (tertiary/aromatic N) is 2. The maximum Gasteiger partial charge on any atom is 0.387 e. The van der Waals surface area contributed by atoms with Gasteiger partial charge in [-0.2, -0.15) is 13.9 Å². The average Bonchev–Trinajstić information content (AvgIpc) is 2.79. The van der Waals surface area contributed by atoms with E-state index in [0.29, 0.717) is 0 Å². The molecule has 1 aliphatic rings. The van der Waals surface area contributed by atoms with Crippen LogP contribution in [0.15, 0.2) is 30.3 Å². The number of rotatable bonds is 3. The van der Waals surface area contributed by atoms with E-state index in [9.17, 15) is 8.78 Å². The summed E-state index contributed by atoms with van der Waals surface area (Å²) in [7, 11) is 0. The summed E-state index contributed by atoms with van der Waals surface area (Å²) in [4.78, 5) is 0. The lowest BCUT2D eigenvalue weighted by molar-refractivity contribution is -0.0498. The third-order valence-corrected chi connectivity index (χ3v) is 3.37. The molecular weight excluding hydrogens is 264 g/mol. The lowest BCUT2D eigenvalue weighted by Crippen LogP contribution is -2.24. The van der Waals surface area contributed by atoms with Crippen LogP contribution in [0, 0.1) is 6.92 Å². The number of hydrogen-bond donors (Lipinski definition) is 1. The van der Waals surface area contributed by atoms with Crippen LogP contribution in [0.2, 0.25) is 0 Å². The van der Waals surface area contributed by atoms with Crippen molar-refractivity contribution in [1.82, 2.24) is 9.78 Å². The van der Waals surface area contributed by atoms with Gasteiger partial charge in [0.2, 0.25) is 0 Å². The van der Waals surface area contributed by atoms with E-state index in [0.717, 1.165) is 30.0 Å². The maximum atomic E-state index is 12.1. The lowest BCUT2D eigenvalue weighted by atomic mass is 10.0. The van der Waals surface area contributed by atoms with Gasteiger partial charge in [0, 0.05) is 12.6 Å². The Morgan fingerprint density at radius 1 is 1.35 bits per heavy atom. The van der Waals surface area contributed by atoms with Gasteiger partial charge in [0.25, 0.3) is 0 Å². The molecule has 0 saturated carbocycles. The minimum atomic E-state index is -2.79. The molecule has 3 rings (SSSR count). The first-order valence-corrected chi connectivity index (χ1v) is 6.48. The fourth-order valence-electron chi connectivity index (χ4n) is 2.52. The van der Waals surface area contributed by atoms with Crippen molar-refractivity contribution in [3.8, 4) is 5.75 Å². The van der Waals surface area contributed by atoms with Crippen LogP contribution < -0.4 is 10.1 Å². The monoisotopic (exact) mass is 279 g/mol. The molecule has 2 aromatic rings. The van der Waals surface area contributed by atoms with Crippen LogP contribution in [0.1, 0.15) is 23.7 Å². The van der Waals surface area contributed by atoms with Crippen LogP contribution in [0.5, 0.6) is 5.75 Å². The second-order valence-electron chi connectivity index (χ2n) is 4.79. The Morgan fingerprint density at radius 2 is 2.10 bits per heavy atom. The Balaban J connectivity index is 1.86. The molecule has 1 atom stereocenters. The number of anilines is 1. The number of hydrogen-bond acceptors (Lipinski definition) is 3. The summed E-state index contributed by atoms with van der Waals surface area (Å²) in [5, 5.41) is 7.78. The Kier molecular flexibility index (Phi) is 3.30. The molecule has 1 aromatic heterocycles. The Bertz CT molecular complexity index is 595. The summed E-state index contributed by atoms with van der Waals surface area (Å²) in [6.07, 6.45) is 0.906. The molecule has 20 heavy (non-hydrogen) atoms. The van der Waals surface area contributed by atoms with Crippen LogP contribution in [0.25, 0.3) is 0 Å². The molecule has 0 bridgehead atoms. The quantitative estimate of drug-likeness (QED) is 0.937. The minimum Gasteiger partial charge on any atom is -0.435 e. The van der Waals surface area contributed by atoms with E-state index in [1.54, 1.807) is 12.1 Å². The first-order valence-electron chi connectivity index (χ1n) is 6.48. The van der Waals surface area contributed by atoms with Gasteiger partial charge >= 0.3 is 6.61 Å². The normalized spacial score (nSPS) is 17.7. The summed E-state index contributed by atoms with van der Waals surface area (Å²) in [5.74, 6) is 1.17. The molecule has 0 radical (unpaired) electrons. The summed E-state index contributed by atoms with van der Waals surface area (Å²) in [6.45, 7) is 0.0226. The van der Waals surface area contributed by atoms with Gasteiger partial charge in [-0.1, -0.05) is 12.1 Å². The highest BCUT2D eigenvalue weighted by Crippen LogP contribution is 2.30. The predicted octanol–water partition coefficient (Wildman–Crippen LogP) is 3.20. The molecular formula is C14H15F2N3O. The van der Waals surface area contributed by atoms with Crippen molar-refractivity contribution in [1.29, 1.82) is 0 Å². The SMILES string of the molecule is Cc1cc2n(n1)C(c1ccc(OC(F)F)cc1)CCN2. The van der Waals surface area contributed by atoms with Gasteiger partial charge in [0.05, 0.1) is 11.7 Å². The number of halogens is 2. The van der Waals surface area contributed by atoms with Crippen LogP contribution in [0.4, 0.5) is 14.6 Å². The fraction of sp³-hybridized carbons (Fsp3) is 0.357. The van der Waals surface area contributed by atoms with Crippen LogP contribution in [0.3, 0.4) is 0 Å². The van der Waals surface area contributed by atoms with Crippen LogP contribution in [-0.2, 0) is 0 Å². The molecule has 1 N–H and O–H groups in total. The standard InChI is InChI=1S/C14H15F2N3O/c1-9-8-13-17-7-6-12(19(13)18-9)10-2-4-11(5-3-10)20-14(15)16/h2-5,8,12,14,17H,6-7H2,1H3. The molecule has 6 heteroatoms. The molecule has 4 nitrogen and oxygen atoms in total. The van der Waals surface area contributed by atoms with Gasteiger partial charge in [-0.3, -0.25) is 0 Å². The van der Waals surface area contributed by atoms with Gasteiger partial charge in [-0.25, -0.2) is 4.68 Å². The highest BCUT2D eigenvalue weighted by Gasteiger charge is 2.22. The highest BCUT2D eigenvalue weighted by atomic mass is 19.3. The maximum absolute atomic E-state index is 12.1. The first kappa shape index (κ1) is 12.9. The van der Waals surface area contributed by atoms with Crippen LogP contribution >= 0.6 is 0 Å². The third-order valence-electron chi connectivity index (χ3n) is 3.37. The van der Waals surface area contributed by atoms with Crippen molar-refractivity contribution in [2.45, 2.75) is 26.0 Å². The molecule has 1 unspecified atom stereocenters. The summed E-state index contributed by atoms with van der Waals surface area (Å²) in [6, 6.07) is 8.89. The molecule has 0 saturated heterocycles. The van der Waals surface area contributed by atoms with Gasteiger partial charge < -0.3 is 10.1 Å². The Hall–Kier alpha value is -2.11. The van der Waals surface area contributed by atoms with Crippen molar-refractivity contribution < 1.29 is 13.5 Å². The summed E-state index contributed by atoms with van der Waals surface area (Å²) < 4.78 is 30.6. The second-order valence-corrected chi connectivity index (χ2v) is 4.79. The highest BCUT2D eigenvalue weighted by molar-refractivity contribution is 5.41. The molecule has 1 aliphatic heterocycles. The molecule has 0 aliphatic carbocycles. The van der Waals surface area contributed by atoms with Crippen molar-refractivity contribution in [3.05, 3.63) is 41.6 Å². The number of benzene rings is 1. The van der Waals surface area contributed by atoms with E-state index in [-0.39, 0.29) is 11.8 Å². The zero-order chi connectivity index (χ0) is 14.1. The van der Waals surface area contributed by atoms with Crippen molar-refractivity contribution in [3.63, 3.8) is 0 Å². The van der Waals surface area contributed by atoms with E-state index in [4.69, 9.17) is 0 Å². The zero-order valence-corrected chi connectivity index (χ0v) is 11.0. The average molecular weight is 279 g/mol. The summed E-state index contributed by atoms with van der Waals surface area (Å²) in [5.41, 5.74) is 1.99. The van der Waals surface area contributed by atoms with Crippen molar-refractivity contribution in [2.24, 2.45) is 0 Å². The van der Waals surface area contributed by atoms with Crippen molar-refractivity contribution >= 4 is 5.82 Å². The van der Waals surface area contributed by atoms with E-state index in [1.165, 1.54) is 0 Å². The van der Waals surface area contributed by atoms with Crippen LogP contribution in [-0.4, -0.2) is 22.9 Å². The Labute approximate surface area is 115 Å². The third kappa shape index (κ3) is 2.45. The van der Waals surface area contributed by atoms with Crippen molar-refractivity contribution in [2.75, 3.05) is 11.9 Å². The van der Waals surface area contributed by atoms with Gasteiger partial charge in [-0.15, -0.1) is 0 Å².